The van der Waals surface area contributed by atoms with Crippen molar-refractivity contribution in [1.29, 1.82) is 0 Å². The minimum atomic E-state index is -3.50. The lowest BCUT2D eigenvalue weighted by molar-refractivity contribution is 0.241. The molecule has 0 aromatic heterocycles. The summed E-state index contributed by atoms with van der Waals surface area (Å²) in [5.74, 6) is 0. The summed E-state index contributed by atoms with van der Waals surface area (Å²) < 4.78 is 28.5. The van der Waals surface area contributed by atoms with Crippen molar-refractivity contribution >= 4 is 10.2 Å². The quantitative estimate of drug-likeness (QED) is 0.868. The molecule has 0 aliphatic carbocycles. The van der Waals surface area contributed by atoms with Crippen LogP contribution in [0.25, 0.3) is 0 Å². The Morgan fingerprint density at radius 2 is 1.67 bits per heavy atom. The molecule has 0 bridgehead atoms. The van der Waals surface area contributed by atoms with E-state index in [-0.39, 0.29) is 13.2 Å². The number of rotatable bonds is 6. The maximum absolute atomic E-state index is 12.8. The van der Waals surface area contributed by atoms with Crippen LogP contribution in [0.4, 0.5) is 0 Å². The third kappa shape index (κ3) is 4.51. The van der Waals surface area contributed by atoms with Gasteiger partial charge in [-0.1, -0.05) is 43.2 Å². The third-order valence-electron chi connectivity index (χ3n) is 3.77. The van der Waals surface area contributed by atoms with E-state index in [1.54, 1.807) is 4.31 Å². The molecule has 1 fully saturated rings. The van der Waals surface area contributed by atoms with E-state index < -0.39 is 10.2 Å². The third-order valence-corrected chi connectivity index (χ3v) is 5.75. The van der Waals surface area contributed by atoms with E-state index in [1.807, 2.05) is 30.3 Å². The highest BCUT2D eigenvalue weighted by atomic mass is 32.2. The van der Waals surface area contributed by atoms with E-state index in [9.17, 15) is 13.5 Å². The molecule has 0 spiro atoms. The lowest BCUT2D eigenvalue weighted by Crippen LogP contribution is -2.45. The Hall–Kier alpha value is -0.950. The first-order valence-electron chi connectivity index (χ1n) is 7.54. The summed E-state index contributed by atoms with van der Waals surface area (Å²) >= 11 is 0. The molecule has 0 amide bonds. The zero-order chi connectivity index (χ0) is 15.1. The van der Waals surface area contributed by atoms with Gasteiger partial charge in [-0.25, -0.2) is 0 Å². The highest BCUT2D eigenvalue weighted by Gasteiger charge is 2.29. The van der Waals surface area contributed by atoms with Crippen LogP contribution in [0.5, 0.6) is 0 Å². The summed E-state index contributed by atoms with van der Waals surface area (Å²) in [7, 11) is -3.50. The molecule has 1 heterocycles. The highest BCUT2D eigenvalue weighted by Crippen LogP contribution is 2.18. The summed E-state index contributed by atoms with van der Waals surface area (Å²) in [4.78, 5) is 0. The molecule has 118 valence electrons. The van der Waals surface area contributed by atoms with Gasteiger partial charge < -0.3 is 5.11 Å². The molecule has 5 nitrogen and oxygen atoms in total. The van der Waals surface area contributed by atoms with Crippen molar-refractivity contribution in [2.45, 2.75) is 32.2 Å². The van der Waals surface area contributed by atoms with Crippen molar-refractivity contribution in [1.82, 2.24) is 8.61 Å². The Bertz CT molecular complexity index is 511. The van der Waals surface area contributed by atoms with Gasteiger partial charge in [-0.3, -0.25) is 0 Å². The molecule has 1 aliphatic heterocycles. The average molecular weight is 312 g/mol. The Morgan fingerprint density at radius 1 is 1.05 bits per heavy atom. The standard InChI is InChI=1S/C15H24N2O3S/c18-13-12-17(14-15-8-4-3-5-9-15)21(19,20)16-10-6-1-2-7-11-16/h3-5,8-9,18H,1-2,6-7,10-14H2. The van der Waals surface area contributed by atoms with Gasteiger partial charge in [0.2, 0.25) is 0 Å². The summed E-state index contributed by atoms with van der Waals surface area (Å²) in [6, 6.07) is 9.50. The van der Waals surface area contributed by atoms with E-state index >= 15 is 0 Å². The van der Waals surface area contributed by atoms with Gasteiger partial charge in [0.25, 0.3) is 10.2 Å². The molecule has 1 N–H and O–H groups in total. The molecule has 6 heteroatoms. The van der Waals surface area contributed by atoms with E-state index in [2.05, 4.69) is 0 Å². The fourth-order valence-corrected chi connectivity index (χ4v) is 4.28. The summed E-state index contributed by atoms with van der Waals surface area (Å²) in [6.45, 7) is 1.44. The largest absolute Gasteiger partial charge is 0.395 e. The highest BCUT2D eigenvalue weighted by molar-refractivity contribution is 7.86. The zero-order valence-electron chi connectivity index (χ0n) is 12.3. The van der Waals surface area contributed by atoms with Gasteiger partial charge in [0.15, 0.2) is 0 Å². The van der Waals surface area contributed by atoms with Gasteiger partial charge >= 0.3 is 0 Å². The lowest BCUT2D eigenvalue weighted by Gasteiger charge is -2.28. The predicted molar refractivity (Wildman–Crippen MR) is 82.9 cm³/mol. The van der Waals surface area contributed by atoms with E-state index in [0.717, 1.165) is 31.2 Å². The van der Waals surface area contributed by atoms with Gasteiger partial charge in [0.05, 0.1) is 6.61 Å². The summed E-state index contributed by atoms with van der Waals surface area (Å²) in [6.07, 6.45) is 4.00. The van der Waals surface area contributed by atoms with Crippen molar-refractivity contribution in [2.24, 2.45) is 0 Å². The van der Waals surface area contributed by atoms with Crippen LogP contribution in [-0.2, 0) is 16.8 Å². The van der Waals surface area contributed by atoms with E-state index in [4.69, 9.17) is 0 Å². The van der Waals surface area contributed by atoms with Gasteiger partial charge in [-0.05, 0) is 18.4 Å². The molecule has 0 unspecified atom stereocenters. The lowest BCUT2D eigenvalue weighted by atomic mass is 10.2. The predicted octanol–water partition coefficient (Wildman–Crippen LogP) is 1.60. The van der Waals surface area contributed by atoms with Crippen LogP contribution >= 0.6 is 0 Å². The molecule has 0 radical (unpaired) electrons. The van der Waals surface area contributed by atoms with Crippen molar-refractivity contribution < 1.29 is 13.5 Å². The normalized spacial score (nSPS) is 17.8. The van der Waals surface area contributed by atoms with Crippen LogP contribution in [0.2, 0.25) is 0 Å². The van der Waals surface area contributed by atoms with Crippen LogP contribution < -0.4 is 0 Å². The van der Waals surface area contributed by atoms with Crippen molar-refractivity contribution in [3.05, 3.63) is 35.9 Å². The Morgan fingerprint density at radius 3 is 2.24 bits per heavy atom. The SMILES string of the molecule is O=S(=O)(N1CCCCCC1)N(CCO)Cc1ccccc1. The zero-order valence-corrected chi connectivity index (χ0v) is 13.1. The topological polar surface area (TPSA) is 60.9 Å². The van der Waals surface area contributed by atoms with Gasteiger partial charge in [0.1, 0.15) is 0 Å². The molecule has 0 atom stereocenters. The first kappa shape index (κ1) is 16.4. The van der Waals surface area contributed by atoms with Crippen LogP contribution in [0.15, 0.2) is 30.3 Å². The molecule has 0 saturated carbocycles. The summed E-state index contributed by atoms with van der Waals surface area (Å²) in [5, 5.41) is 9.21. The van der Waals surface area contributed by atoms with Gasteiger partial charge in [0, 0.05) is 26.2 Å². The van der Waals surface area contributed by atoms with Crippen molar-refractivity contribution in [3.63, 3.8) is 0 Å². The number of aliphatic hydroxyl groups excluding tert-OH is 1. The smallest absolute Gasteiger partial charge is 0.282 e. The molecule has 1 aliphatic rings. The number of benzene rings is 1. The minimum absolute atomic E-state index is 0.133. The number of hydrogen-bond donors (Lipinski definition) is 1. The van der Waals surface area contributed by atoms with Crippen LogP contribution in [0.3, 0.4) is 0 Å². The number of hydrogen-bond acceptors (Lipinski definition) is 3. The van der Waals surface area contributed by atoms with Crippen LogP contribution in [0.1, 0.15) is 31.2 Å². The molecule has 1 saturated heterocycles. The van der Waals surface area contributed by atoms with Gasteiger partial charge in [-0.15, -0.1) is 0 Å². The fraction of sp³-hybridized carbons (Fsp3) is 0.600. The fourth-order valence-electron chi connectivity index (χ4n) is 2.61. The Labute approximate surface area is 127 Å². The molecule has 2 rings (SSSR count). The van der Waals surface area contributed by atoms with Gasteiger partial charge in [-0.2, -0.15) is 17.0 Å². The molecular weight excluding hydrogens is 288 g/mol. The number of nitrogens with zero attached hydrogens (tertiary/aromatic N) is 2. The maximum Gasteiger partial charge on any atom is 0.282 e. The Balaban J connectivity index is 2.15. The maximum atomic E-state index is 12.8. The van der Waals surface area contributed by atoms with Crippen molar-refractivity contribution in [3.8, 4) is 0 Å². The van der Waals surface area contributed by atoms with Crippen LogP contribution in [-0.4, -0.2) is 48.4 Å². The monoisotopic (exact) mass is 312 g/mol. The first-order valence-corrected chi connectivity index (χ1v) is 8.94. The molecule has 1 aromatic rings. The Kier molecular flexibility index (Phi) is 6.17. The first-order chi connectivity index (χ1) is 10.1. The van der Waals surface area contributed by atoms with Crippen molar-refractivity contribution in [2.75, 3.05) is 26.2 Å². The van der Waals surface area contributed by atoms with E-state index in [1.165, 1.54) is 4.31 Å². The molecular formula is C15H24N2O3S. The minimum Gasteiger partial charge on any atom is -0.395 e. The average Bonchev–Trinajstić information content (AvgIpc) is 2.77. The second kappa shape index (κ2) is 7.89. The van der Waals surface area contributed by atoms with E-state index in [0.29, 0.717) is 19.6 Å². The summed E-state index contributed by atoms with van der Waals surface area (Å²) in [5.41, 5.74) is 0.935. The second-order valence-electron chi connectivity index (χ2n) is 5.36. The number of aliphatic hydroxyl groups is 1. The molecule has 1 aromatic carbocycles. The second-order valence-corrected chi connectivity index (χ2v) is 7.29. The molecule has 21 heavy (non-hydrogen) atoms. The van der Waals surface area contributed by atoms with Crippen LogP contribution in [0, 0.1) is 0 Å².